The lowest BCUT2D eigenvalue weighted by molar-refractivity contribution is 0.332. The van der Waals surface area contributed by atoms with Crippen molar-refractivity contribution in [3.05, 3.63) is 174 Å². The second-order valence-corrected chi connectivity index (χ2v) is 20.1. The Labute approximate surface area is 361 Å². The summed E-state index contributed by atoms with van der Waals surface area (Å²) in [5.41, 5.74) is 21.9. The van der Waals surface area contributed by atoms with Gasteiger partial charge in [0.15, 0.2) is 0 Å². The molecule has 3 aliphatic rings. The molecule has 0 saturated heterocycles. The Hall–Kier alpha value is -6.26. The molecule has 0 bridgehead atoms. The highest BCUT2D eigenvalue weighted by Crippen LogP contribution is 2.53. The Kier molecular flexibility index (Phi) is 8.27. The van der Waals surface area contributed by atoms with Crippen LogP contribution in [0, 0.1) is 6.92 Å². The highest BCUT2D eigenvalue weighted by Gasteiger charge is 2.49. The van der Waals surface area contributed by atoms with Gasteiger partial charge in [0.25, 0.3) is 0 Å². The minimum atomic E-state index is -0.217. The fraction of sp³-hybridized carbons (Fsp3) is 0.228. The predicted octanol–water partition coefficient (Wildman–Crippen LogP) is 14.4. The lowest BCUT2D eigenvalue weighted by Crippen LogP contribution is -2.61. The summed E-state index contributed by atoms with van der Waals surface area (Å²) in [5.74, 6) is 0. The van der Waals surface area contributed by atoms with E-state index in [1.165, 1.54) is 84.6 Å². The maximum absolute atomic E-state index is 7.31. The number of hydrogen-bond acceptors (Lipinski definition) is 3. The maximum atomic E-state index is 7.31. The van der Waals surface area contributed by atoms with Gasteiger partial charge in [-0.1, -0.05) is 146 Å². The van der Waals surface area contributed by atoms with Gasteiger partial charge >= 0.3 is 6.85 Å². The summed E-state index contributed by atoms with van der Waals surface area (Å²) in [5, 5.41) is 1.11. The minimum absolute atomic E-state index is 0.0234. The first-order chi connectivity index (χ1) is 29.3. The van der Waals surface area contributed by atoms with Gasteiger partial charge in [-0.25, -0.2) is 0 Å². The molecule has 1 aliphatic carbocycles. The second-order valence-electron chi connectivity index (χ2n) is 20.1. The molecular formula is C57H53BN2O. The molecule has 0 unspecified atom stereocenters. The van der Waals surface area contributed by atoms with Gasteiger partial charge in [-0.3, -0.25) is 0 Å². The largest absolute Gasteiger partial charge is 0.466 e. The zero-order chi connectivity index (χ0) is 42.0. The summed E-state index contributed by atoms with van der Waals surface area (Å²) < 4.78 is 7.31. The molecule has 3 heterocycles. The Morgan fingerprint density at radius 1 is 0.557 bits per heavy atom. The van der Waals surface area contributed by atoms with Gasteiger partial charge in [-0.05, 0) is 141 Å². The van der Waals surface area contributed by atoms with Crippen LogP contribution in [0.5, 0.6) is 0 Å². The number of hydrogen-bond donors (Lipinski definition) is 0. The average molecular weight is 793 g/mol. The molecule has 0 N–H and O–H groups in total. The van der Waals surface area contributed by atoms with Crippen molar-refractivity contribution in [2.45, 2.75) is 84.5 Å². The van der Waals surface area contributed by atoms with E-state index in [1.807, 2.05) is 0 Å². The van der Waals surface area contributed by atoms with Crippen molar-refractivity contribution in [2.75, 3.05) is 9.71 Å². The van der Waals surface area contributed by atoms with Crippen LogP contribution in [0.2, 0.25) is 0 Å². The highest BCUT2D eigenvalue weighted by molar-refractivity contribution is 6.93. The maximum Gasteiger partial charge on any atom is 0.375 e. The van der Waals surface area contributed by atoms with Crippen molar-refractivity contribution in [3.63, 3.8) is 0 Å². The molecule has 0 amide bonds. The van der Waals surface area contributed by atoms with E-state index in [4.69, 9.17) is 4.42 Å². The molecule has 7 aromatic carbocycles. The van der Waals surface area contributed by atoms with Crippen LogP contribution in [-0.4, -0.2) is 6.85 Å². The van der Waals surface area contributed by atoms with Gasteiger partial charge in [0.2, 0.25) is 0 Å². The molecule has 0 fully saturated rings. The molecular weight excluding hydrogens is 739 g/mol. The van der Waals surface area contributed by atoms with Gasteiger partial charge in [0.1, 0.15) is 11.2 Å². The van der Waals surface area contributed by atoms with Crippen molar-refractivity contribution >= 4 is 57.4 Å². The van der Waals surface area contributed by atoms with E-state index in [0.717, 1.165) is 34.4 Å². The third kappa shape index (κ3) is 5.86. The average Bonchev–Trinajstić information content (AvgIpc) is 3.64. The first kappa shape index (κ1) is 37.7. The van der Waals surface area contributed by atoms with E-state index in [1.54, 1.807) is 0 Å². The van der Waals surface area contributed by atoms with Gasteiger partial charge in [-0.2, -0.15) is 0 Å². The molecule has 4 heteroatoms. The van der Waals surface area contributed by atoms with Crippen molar-refractivity contribution < 1.29 is 4.42 Å². The van der Waals surface area contributed by atoms with E-state index in [2.05, 4.69) is 217 Å². The number of rotatable bonds is 4. The van der Waals surface area contributed by atoms with E-state index in [9.17, 15) is 0 Å². The fourth-order valence-electron chi connectivity index (χ4n) is 10.7. The number of fused-ring (bicyclic) bond motifs is 7. The van der Waals surface area contributed by atoms with Gasteiger partial charge in [0, 0.05) is 33.6 Å². The molecule has 0 spiro atoms. The first-order valence-corrected chi connectivity index (χ1v) is 22.1. The smallest absolute Gasteiger partial charge is 0.375 e. The summed E-state index contributed by atoms with van der Waals surface area (Å²) in [7, 11) is 0. The molecule has 300 valence electrons. The van der Waals surface area contributed by atoms with Crippen molar-refractivity contribution in [2.24, 2.45) is 0 Å². The first-order valence-electron chi connectivity index (χ1n) is 22.1. The normalized spacial score (nSPS) is 15.9. The van der Waals surface area contributed by atoms with Crippen molar-refractivity contribution in [1.82, 2.24) is 0 Å². The Balaban J connectivity index is 1.25. The SMILES string of the molecule is Cc1cc2c3c(c1)N(c1ccc(C(C)(C)C)cc1-c1ccccc1)c1c(oc4ccccc14)B3N(c1ccc3c(c1)C(C)(C)CCC3(C)C)c1ccc(-c3ccccc3)cc1-2. The Morgan fingerprint density at radius 3 is 1.97 bits per heavy atom. The number of anilines is 5. The molecule has 0 saturated carbocycles. The van der Waals surface area contributed by atoms with Gasteiger partial charge in [-0.15, -0.1) is 0 Å². The molecule has 0 atom stereocenters. The van der Waals surface area contributed by atoms with Crippen molar-refractivity contribution in [1.29, 1.82) is 0 Å². The molecule has 8 aromatic rings. The molecule has 1 aromatic heterocycles. The van der Waals surface area contributed by atoms with E-state index in [-0.39, 0.29) is 23.1 Å². The van der Waals surface area contributed by atoms with Crippen LogP contribution in [0.4, 0.5) is 28.4 Å². The van der Waals surface area contributed by atoms with Crippen LogP contribution in [0.25, 0.3) is 44.3 Å². The van der Waals surface area contributed by atoms with Crippen LogP contribution in [-0.2, 0) is 16.2 Å². The van der Waals surface area contributed by atoms with Gasteiger partial charge in [0.05, 0.1) is 11.4 Å². The molecule has 3 nitrogen and oxygen atoms in total. The lowest BCUT2D eigenvalue weighted by atomic mass is 9.45. The summed E-state index contributed by atoms with van der Waals surface area (Å²) in [6, 6.07) is 56.8. The zero-order valence-electron chi connectivity index (χ0n) is 36.7. The molecule has 61 heavy (non-hydrogen) atoms. The third-order valence-corrected chi connectivity index (χ3v) is 14.1. The zero-order valence-corrected chi connectivity index (χ0v) is 36.7. The minimum Gasteiger partial charge on any atom is -0.466 e. The molecule has 11 rings (SSSR count). The summed E-state index contributed by atoms with van der Waals surface area (Å²) >= 11 is 0. The Morgan fingerprint density at radius 2 is 1.23 bits per heavy atom. The number of aryl methyl sites for hydroxylation is 1. The number of benzene rings is 7. The third-order valence-electron chi connectivity index (χ3n) is 14.1. The quantitative estimate of drug-likeness (QED) is 0.166. The summed E-state index contributed by atoms with van der Waals surface area (Å²) in [6.45, 7) is 18.7. The van der Waals surface area contributed by atoms with Crippen LogP contribution in [0.3, 0.4) is 0 Å². The predicted molar refractivity (Wildman–Crippen MR) is 260 cm³/mol. The second kappa shape index (κ2) is 13.4. The van der Waals surface area contributed by atoms with Crippen LogP contribution in [0.1, 0.15) is 83.6 Å². The number of nitrogens with zero attached hydrogens (tertiary/aromatic N) is 2. The molecule has 0 radical (unpaired) electrons. The number of furan rings is 1. The number of para-hydroxylation sites is 1. The van der Waals surface area contributed by atoms with Gasteiger partial charge < -0.3 is 14.1 Å². The highest BCUT2D eigenvalue weighted by atomic mass is 16.3. The fourth-order valence-corrected chi connectivity index (χ4v) is 10.7. The summed E-state index contributed by atoms with van der Waals surface area (Å²) in [4.78, 5) is 5.16. The van der Waals surface area contributed by atoms with E-state index in [0.29, 0.717) is 0 Å². The van der Waals surface area contributed by atoms with E-state index < -0.39 is 0 Å². The lowest BCUT2D eigenvalue weighted by Gasteiger charge is -2.46. The standard InChI is InChI=1S/C57H53BN2O/c1-36-31-45-44-33-39(37-17-11-9-12-18-37)23-27-49(44)60(41-25-26-46-47(35-41)57(7,8)30-29-56(46,5)6)58-52(45)50(32-36)59(53-42-21-15-16-22-51(42)61-54(53)58)48-28-24-40(55(2,3)4)34-43(48)38-19-13-10-14-20-38/h9-28,31-35H,29-30H2,1-8H3. The van der Waals surface area contributed by atoms with Crippen molar-refractivity contribution in [3.8, 4) is 33.4 Å². The van der Waals surface area contributed by atoms with Crippen LogP contribution < -0.4 is 20.8 Å². The topological polar surface area (TPSA) is 19.6 Å². The monoisotopic (exact) mass is 792 g/mol. The van der Waals surface area contributed by atoms with E-state index >= 15 is 0 Å². The summed E-state index contributed by atoms with van der Waals surface area (Å²) in [6.07, 6.45) is 2.34. The Bertz CT molecular complexity index is 3040. The molecule has 2 aliphatic heterocycles. The van der Waals surface area contributed by atoms with Crippen LogP contribution >= 0.6 is 0 Å². The van der Waals surface area contributed by atoms with Crippen LogP contribution in [0.15, 0.2) is 156 Å².